The third-order valence-corrected chi connectivity index (χ3v) is 2.96. The smallest absolute Gasteiger partial charge is 0.380 e. The van der Waals surface area contributed by atoms with Crippen LogP contribution in [-0.2, 0) is 4.84 Å². The molecule has 0 aliphatic rings. The van der Waals surface area contributed by atoms with Crippen molar-refractivity contribution in [3.63, 3.8) is 0 Å². The van der Waals surface area contributed by atoms with Crippen molar-refractivity contribution >= 4 is 40.8 Å². The van der Waals surface area contributed by atoms with Gasteiger partial charge < -0.3 is 5.73 Å². The number of nitrogens with zero attached hydrogens (tertiary/aromatic N) is 1. The van der Waals surface area contributed by atoms with Gasteiger partial charge in [0.15, 0.2) is 5.84 Å². The predicted octanol–water partition coefficient (Wildman–Crippen LogP) is 3.86. The number of amides is 1. The fraction of sp³-hybridized carbons (Fsp3) is 0. The zero-order valence-corrected chi connectivity index (χ0v) is 12.2. The number of amidine groups is 1. The number of halogens is 2. The van der Waals surface area contributed by atoms with Crippen LogP contribution >= 0.6 is 23.2 Å². The number of benzene rings is 2. The summed E-state index contributed by atoms with van der Waals surface area (Å²) in [7, 11) is 0. The van der Waals surface area contributed by atoms with Gasteiger partial charge >= 0.3 is 6.09 Å². The van der Waals surface area contributed by atoms with Gasteiger partial charge in [-0.15, -0.1) is 0 Å². The molecule has 21 heavy (non-hydrogen) atoms. The van der Waals surface area contributed by atoms with E-state index < -0.39 is 6.09 Å². The second-order valence-corrected chi connectivity index (χ2v) is 4.87. The highest BCUT2D eigenvalue weighted by atomic mass is 35.5. The highest BCUT2D eigenvalue weighted by Crippen LogP contribution is 2.13. The zero-order valence-electron chi connectivity index (χ0n) is 10.7. The summed E-state index contributed by atoms with van der Waals surface area (Å²) in [5.41, 5.74) is 6.82. The van der Waals surface area contributed by atoms with Crippen molar-refractivity contribution in [2.45, 2.75) is 0 Å². The van der Waals surface area contributed by atoms with E-state index in [-0.39, 0.29) is 5.84 Å². The molecule has 0 heterocycles. The van der Waals surface area contributed by atoms with Crippen molar-refractivity contribution in [1.82, 2.24) is 0 Å². The Morgan fingerprint density at radius 3 is 2.10 bits per heavy atom. The van der Waals surface area contributed by atoms with Crippen LogP contribution in [0.1, 0.15) is 5.56 Å². The molecule has 2 rings (SSSR count). The van der Waals surface area contributed by atoms with Gasteiger partial charge in [-0.1, -0.05) is 28.4 Å². The second-order valence-electron chi connectivity index (χ2n) is 3.99. The Morgan fingerprint density at radius 1 is 1.00 bits per heavy atom. The van der Waals surface area contributed by atoms with Crippen LogP contribution in [0.2, 0.25) is 10.0 Å². The van der Waals surface area contributed by atoms with Crippen LogP contribution in [-0.4, -0.2) is 11.9 Å². The van der Waals surface area contributed by atoms with Crippen LogP contribution in [0.5, 0.6) is 0 Å². The summed E-state index contributed by atoms with van der Waals surface area (Å²) in [5, 5.41) is 7.18. The van der Waals surface area contributed by atoms with Gasteiger partial charge in [-0.25, -0.2) is 4.79 Å². The summed E-state index contributed by atoms with van der Waals surface area (Å²) in [6.45, 7) is 0. The molecule has 0 aromatic heterocycles. The molecule has 2 aromatic carbocycles. The number of nitrogens with one attached hydrogen (secondary N) is 1. The van der Waals surface area contributed by atoms with Crippen LogP contribution in [0.25, 0.3) is 0 Å². The Hall–Kier alpha value is -2.24. The molecule has 0 aliphatic carbocycles. The average Bonchev–Trinajstić information content (AvgIpc) is 2.48. The first-order chi connectivity index (χ1) is 10.0. The fourth-order valence-corrected chi connectivity index (χ4v) is 1.69. The minimum Gasteiger partial charge on any atom is -0.380 e. The molecule has 0 fully saturated rings. The average molecular weight is 324 g/mol. The van der Waals surface area contributed by atoms with Crippen LogP contribution < -0.4 is 11.1 Å². The maximum absolute atomic E-state index is 11.5. The Balaban J connectivity index is 1.94. The Morgan fingerprint density at radius 2 is 1.52 bits per heavy atom. The highest BCUT2D eigenvalue weighted by molar-refractivity contribution is 6.31. The lowest BCUT2D eigenvalue weighted by molar-refractivity contribution is 0.166. The number of hydrogen-bond acceptors (Lipinski definition) is 3. The number of hydrogen-bond donors (Lipinski definition) is 2. The van der Waals surface area contributed by atoms with Crippen LogP contribution in [0, 0.1) is 0 Å². The molecule has 0 atom stereocenters. The molecule has 2 aromatic rings. The van der Waals surface area contributed by atoms with E-state index in [4.69, 9.17) is 28.9 Å². The number of nitrogens with two attached hydrogens (primary N) is 1. The van der Waals surface area contributed by atoms with E-state index in [0.29, 0.717) is 21.3 Å². The molecule has 0 unspecified atom stereocenters. The number of rotatable bonds is 3. The van der Waals surface area contributed by atoms with Gasteiger partial charge in [0, 0.05) is 21.3 Å². The van der Waals surface area contributed by atoms with E-state index in [2.05, 4.69) is 15.3 Å². The highest BCUT2D eigenvalue weighted by Gasteiger charge is 2.04. The summed E-state index contributed by atoms with van der Waals surface area (Å²) in [5.74, 6) is 0.0675. The topological polar surface area (TPSA) is 76.7 Å². The summed E-state index contributed by atoms with van der Waals surface area (Å²) < 4.78 is 0. The van der Waals surface area contributed by atoms with E-state index in [1.54, 1.807) is 48.5 Å². The van der Waals surface area contributed by atoms with Crippen LogP contribution in [0.3, 0.4) is 0 Å². The van der Waals surface area contributed by atoms with Gasteiger partial charge in [0.1, 0.15) is 0 Å². The molecular weight excluding hydrogens is 313 g/mol. The first kappa shape index (κ1) is 15.2. The fourth-order valence-electron chi connectivity index (χ4n) is 1.44. The Bertz CT molecular complexity index is 655. The van der Waals surface area contributed by atoms with Crippen molar-refractivity contribution in [3.05, 3.63) is 64.1 Å². The maximum Gasteiger partial charge on any atom is 0.437 e. The number of carbonyl (C=O) groups is 1. The van der Waals surface area contributed by atoms with E-state index >= 15 is 0 Å². The van der Waals surface area contributed by atoms with Crippen LogP contribution in [0.15, 0.2) is 53.7 Å². The number of oxime groups is 1. The first-order valence-corrected chi connectivity index (χ1v) is 6.63. The molecule has 0 bridgehead atoms. The molecule has 108 valence electrons. The number of carbonyl (C=O) groups excluding carboxylic acids is 1. The van der Waals surface area contributed by atoms with E-state index in [1.165, 1.54) is 0 Å². The lowest BCUT2D eigenvalue weighted by Crippen LogP contribution is -2.17. The van der Waals surface area contributed by atoms with Gasteiger partial charge in [0.25, 0.3) is 0 Å². The van der Waals surface area contributed by atoms with Gasteiger partial charge in [0.05, 0.1) is 0 Å². The first-order valence-electron chi connectivity index (χ1n) is 5.87. The predicted molar refractivity (Wildman–Crippen MR) is 83.7 cm³/mol. The van der Waals surface area contributed by atoms with Crippen molar-refractivity contribution in [2.24, 2.45) is 10.9 Å². The van der Waals surface area contributed by atoms with E-state index in [0.717, 1.165) is 0 Å². The molecule has 0 saturated carbocycles. The molecule has 3 N–H and O–H groups in total. The Kier molecular flexibility index (Phi) is 5.03. The lowest BCUT2D eigenvalue weighted by Gasteiger charge is -2.04. The van der Waals surface area contributed by atoms with Crippen molar-refractivity contribution in [2.75, 3.05) is 5.32 Å². The SMILES string of the molecule is NC(=NOC(=O)Nc1ccc(Cl)cc1)c1ccc(Cl)cc1. The largest absolute Gasteiger partial charge is 0.437 e. The van der Waals surface area contributed by atoms with Crippen molar-refractivity contribution in [1.29, 1.82) is 0 Å². The van der Waals surface area contributed by atoms with Gasteiger partial charge in [-0.2, -0.15) is 0 Å². The zero-order chi connectivity index (χ0) is 15.2. The second kappa shape index (κ2) is 6.97. The third-order valence-electron chi connectivity index (χ3n) is 2.46. The van der Waals surface area contributed by atoms with Gasteiger partial charge in [0.2, 0.25) is 0 Å². The van der Waals surface area contributed by atoms with Gasteiger partial charge in [-0.3, -0.25) is 10.2 Å². The molecule has 0 aliphatic heterocycles. The standard InChI is InChI=1S/C14H11Cl2N3O2/c15-10-3-1-9(2-4-10)13(17)19-21-14(20)18-12-7-5-11(16)6-8-12/h1-8H,(H2,17,19)(H,18,20). The molecule has 0 radical (unpaired) electrons. The van der Waals surface area contributed by atoms with Crippen molar-refractivity contribution < 1.29 is 9.63 Å². The Labute approximate surface area is 131 Å². The lowest BCUT2D eigenvalue weighted by atomic mass is 10.2. The van der Waals surface area contributed by atoms with E-state index in [1.807, 2.05) is 0 Å². The molecule has 7 heteroatoms. The minimum atomic E-state index is -0.755. The third kappa shape index (κ3) is 4.66. The van der Waals surface area contributed by atoms with E-state index in [9.17, 15) is 4.79 Å². The summed E-state index contributed by atoms with van der Waals surface area (Å²) in [6.07, 6.45) is -0.755. The van der Waals surface area contributed by atoms with Crippen molar-refractivity contribution in [3.8, 4) is 0 Å². The summed E-state index contributed by atoms with van der Waals surface area (Å²) in [4.78, 5) is 16.2. The van der Waals surface area contributed by atoms with Crippen LogP contribution in [0.4, 0.5) is 10.5 Å². The minimum absolute atomic E-state index is 0.0675. The summed E-state index contributed by atoms with van der Waals surface area (Å²) in [6, 6.07) is 13.2. The maximum atomic E-state index is 11.5. The number of anilines is 1. The normalized spacial score (nSPS) is 11.0. The molecule has 1 amide bonds. The molecule has 0 saturated heterocycles. The monoisotopic (exact) mass is 323 g/mol. The molecular formula is C14H11Cl2N3O2. The molecule has 0 spiro atoms. The quantitative estimate of drug-likeness (QED) is 0.389. The van der Waals surface area contributed by atoms with Gasteiger partial charge in [-0.05, 0) is 48.5 Å². The summed E-state index contributed by atoms with van der Waals surface area (Å²) >= 11 is 11.5. The molecule has 5 nitrogen and oxygen atoms in total.